The molecule has 90 valence electrons. The molecule has 18 heavy (non-hydrogen) atoms. The van der Waals surface area contributed by atoms with Gasteiger partial charge >= 0.3 is 0 Å². The van der Waals surface area contributed by atoms with Crippen LogP contribution in [0.1, 0.15) is 19.7 Å². The molecule has 0 saturated heterocycles. The minimum atomic E-state index is -0.761. The van der Waals surface area contributed by atoms with E-state index in [9.17, 15) is 4.39 Å². The number of rotatable bonds is 2. The van der Waals surface area contributed by atoms with Gasteiger partial charge in [0.1, 0.15) is 17.1 Å². The van der Waals surface area contributed by atoms with Crippen molar-refractivity contribution in [3.63, 3.8) is 0 Å². The van der Waals surface area contributed by atoms with Crippen molar-refractivity contribution in [2.75, 3.05) is 0 Å². The van der Waals surface area contributed by atoms with Gasteiger partial charge in [0.15, 0.2) is 0 Å². The molecule has 1 aromatic carbocycles. The summed E-state index contributed by atoms with van der Waals surface area (Å²) in [6.07, 6.45) is 1.58. The minimum absolute atomic E-state index is 0.313. The highest BCUT2D eigenvalue weighted by Crippen LogP contribution is 2.22. The molecule has 0 spiro atoms. The average molecular weight is 241 g/mol. The molecule has 0 amide bonds. The fraction of sp³-hybridized carbons (Fsp3) is 0.214. The van der Waals surface area contributed by atoms with E-state index in [1.165, 1.54) is 12.1 Å². The van der Waals surface area contributed by atoms with Crippen LogP contribution in [0.3, 0.4) is 0 Å². The van der Waals surface area contributed by atoms with Crippen LogP contribution in [0, 0.1) is 17.1 Å². The lowest BCUT2D eigenvalue weighted by Gasteiger charge is -2.13. The summed E-state index contributed by atoms with van der Waals surface area (Å²) in [5, 5.41) is 9.06. The summed E-state index contributed by atoms with van der Waals surface area (Å²) in [6, 6.07) is 10.0. The van der Waals surface area contributed by atoms with Gasteiger partial charge < -0.3 is 0 Å². The number of aromatic nitrogens is 2. The summed E-state index contributed by atoms with van der Waals surface area (Å²) in [6.45, 7) is 3.50. The topological polar surface area (TPSA) is 49.6 Å². The standard InChI is InChI=1S/C14H12FN3/c1-14(2,9-16)13-17-7-6-12(18-13)10-4-3-5-11(15)8-10/h3-8H,1-2H3. The third-order valence-corrected chi connectivity index (χ3v) is 2.61. The second-order valence-corrected chi connectivity index (χ2v) is 4.51. The zero-order chi connectivity index (χ0) is 13.2. The molecular formula is C14H12FN3. The van der Waals surface area contributed by atoms with Crippen molar-refractivity contribution >= 4 is 0 Å². The van der Waals surface area contributed by atoms with Crippen molar-refractivity contribution in [1.82, 2.24) is 9.97 Å². The van der Waals surface area contributed by atoms with Crippen molar-refractivity contribution < 1.29 is 4.39 Å². The lowest BCUT2D eigenvalue weighted by atomic mass is 9.94. The molecular weight excluding hydrogens is 229 g/mol. The van der Waals surface area contributed by atoms with E-state index in [-0.39, 0.29) is 5.82 Å². The molecule has 0 aliphatic rings. The summed E-state index contributed by atoms with van der Waals surface area (Å²) in [5.74, 6) is 0.124. The molecule has 2 rings (SSSR count). The first-order valence-corrected chi connectivity index (χ1v) is 5.53. The highest BCUT2D eigenvalue weighted by molar-refractivity contribution is 5.58. The van der Waals surface area contributed by atoms with Crippen LogP contribution in [0.4, 0.5) is 4.39 Å². The van der Waals surface area contributed by atoms with Crippen molar-refractivity contribution in [1.29, 1.82) is 5.26 Å². The van der Waals surface area contributed by atoms with Crippen LogP contribution in [-0.2, 0) is 5.41 Å². The van der Waals surface area contributed by atoms with Gasteiger partial charge in [0.05, 0.1) is 11.8 Å². The quantitative estimate of drug-likeness (QED) is 0.811. The van der Waals surface area contributed by atoms with E-state index in [1.807, 2.05) is 0 Å². The van der Waals surface area contributed by atoms with Crippen LogP contribution >= 0.6 is 0 Å². The van der Waals surface area contributed by atoms with E-state index < -0.39 is 5.41 Å². The molecule has 2 aromatic rings. The van der Waals surface area contributed by atoms with E-state index in [1.54, 1.807) is 38.2 Å². The van der Waals surface area contributed by atoms with Gasteiger partial charge in [-0.15, -0.1) is 0 Å². The first-order chi connectivity index (χ1) is 8.53. The maximum absolute atomic E-state index is 13.2. The molecule has 0 aliphatic carbocycles. The fourth-order valence-electron chi connectivity index (χ4n) is 1.52. The van der Waals surface area contributed by atoms with Gasteiger partial charge in [0.25, 0.3) is 0 Å². The van der Waals surface area contributed by atoms with Gasteiger partial charge in [-0.25, -0.2) is 14.4 Å². The molecule has 3 nitrogen and oxygen atoms in total. The average Bonchev–Trinajstić information content (AvgIpc) is 2.39. The Kier molecular flexibility index (Phi) is 3.07. The van der Waals surface area contributed by atoms with Crippen molar-refractivity contribution in [3.8, 4) is 17.3 Å². The van der Waals surface area contributed by atoms with Crippen LogP contribution in [0.25, 0.3) is 11.3 Å². The first kappa shape index (κ1) is 12.2. The largest absolute Gasteiger partial charge is 0.240 e. The first-order valence-electron chi connectivity index (χ1n) is 5.53. The molecule has 4 heteroatoms. The number of hydrogen-bond donors (Lipinski definition) is 0. The van der Waals surface area contributed by atoms with Gasteiger partial charge in [0, 0.05) is 11.8 Å². The molecule has 1 heterocycles. The van der Waals surface area contributed by atoms with Gasteiger partial charge in [0.2, 0.25) is 0 Å². The van der Waals surface area contributed by atoms with Crippen molar-refractivity contribution in [3.05, 3.63) is 48.2 Å². The normalized spacial score (nSPS) is 11.0. The van der Waals surface area contributed by atoms with E-state index in [2.05, 4.69) is 16.0 Å². The number of nitriles is 1. The summed E-state index contributed by atoms with van der Waals surface area (Å²) in [7, 11) is 0. The van der Waals surface area contributed by atoms with Gasteiger partial charge in [-0.1, -0.05) is 12.1 Å². The Balaban J connectivity index is 2.49. The Hall–Kier alpha value is -2.28. The monoisotopic (exact) mass is 241 g/mol. The summed E-state index contributed by atoms with van der Waals surface area (Å²) in [4.78, 5) is 8.43. The van der Waals surface area contributed by atoms with E-state index in [0.29, 0.717) is 17.1 Å². The predicted octanol–water partition coefficient (Wildman–Crippen LogP) is 3.08. The highest BCUT2D eigenvalue weighted by Gasteiger charge is 2.23. The SMILES string of the molecule is CC(C)(C#N)c1nccc(-c2cccc(F)c2)n1. The van der Waals surface area contributed by atoms with E-state index in [4.69, 9.17) is 5.26 Å². The highest BCUT2D eigenvalue weighted by atomic mass is 19.1. The van der Waals surface area contributed by atoms with Crippen LogP contribution in [0.2, 0.25) is 0 Å². The van der Waals surface area contributed by atoms with Crippen LogP contribution in [0.5, 0.6) is 0 Å². The third kappa shape index (κ3) is 2.35. The molecule has 0 bridgehead atoms. The van der Waals surface area contributed by atoms with Crippen molar-refractivity contribution in [2.45, 2.75) is 19.3 Å². The lowest BCUT2D eigenvalue weighted by Crippen LogP contribution is -2.18. The molecule has 0 N–H and O–H groups in total. The Labute approximate surface area is 105 Å². The van der Waals surface area contributed by atoms with Crippen LogP contribution in [0.15, 0.2) is 36.5 Å². The molecule has 0 saturated carbocycles. The summed E-state index contributed by atoms with van der Waals surface area (Å²) in [5.41, 5.74) is 0.527. The lowest BCUT2D eigenvalue weighted by molar-refractivity contribution is 0.626. The van der Waals surface area contributed by atoms with Gasteiger partial charge in [-0.3, -0.25) is 0 Å². The molecule has 1 aromatic heterocycles. The van der Waals surface area contributed by atoms with Crippen LogP contribution in [-0.4, -0.2) is 9.97 Å². The molecule has 0 aliphatic heterocycles. The zero-order valence-corrected chi connectivity index (χ0v) is 10.2. The Morgan fingerprint density at radius 1 is 1.28 bits per heavy atom. The van der Waals surface area contributed by atoms with E-state index in [0.717, 1.165) is 0 Å². The maximum atomic E-state index is 13.2. The number of nitrogens with zero attached hydrogens (tertiary/aromatic N) is 3. The number of benzene rings is 1. The number of halogens is 1. The van der Waals surface area contributed by atoms with E-state index >= 15 is 0 Å². The molecule has 0 radical (unpaired) electrons. The maximum Gasteiger partial charge on any atom is 0.148 e. The Morgan fingerprint density at radius 2 is 2.06 bits per heavy atom. The second-order valence-electron chi connectivity index (χ2n) is 4.51. The fourth-order valence-corrected chi connectivity index (χ4v) is 1.52. The minimum Gasteiger partial charge on any atom is -0.240 e. The van der Waals surface area contributed by atoms with Gasteiger partial charge in [-0.05, 0) is 32.0 Å². The Bertz CT molecular complexity index is 614. The van der Waals surface area contributed by atoms with Gasteiger partial charge in [-0.2, -0.15) is 5.26 Å². The number of hydrogen-bond acceptors (Lipinski definition) is 3. The Morgan fingerprint density at radius 3 is 2.72 bits per heavy atom. The van der Waals surface area contributed by atoms with Crippen molar-refractivity contribution in [2.24, 2.45) is 0 Å². The summed E-state index contributed by atoms with van der Waals surface area (Å²) >= 11 is 0. The third-order valence-electron chi connectivity index (χ3n) is 2.61. The smallest absolute Gasteiger partial charge is 0.148 e. The second kappa shape index (κ2) is 4.53. The zero-order valence-electron chi connectivity index (χ0n) is 10.2. The molecule has 0 atom stereocenters. The summed E-state index contributed by atoms with van der Waals surface area (Å²) < 4.78 is 13.2. The van der Waals surface area contributed by atoms with Crippen LogP contribution < -0.4 is 0 Å². The molecule has 0 unspecified atom stereocenters. The molecule has 0 fully saturated rings. The predicted molar refractivity (Wildman–Crippen MR) is 66.1 cm³/mol.